The van der Waals surface area contributed by atoms with Gasteiger partial charge in [-0.25, -0.2) is 0 Å². The van der Waals surface area contributed by atoms with E-state index >= 15 is 0 Å². The van der Waals surface area contributed by atoms with Crippen molar-refractivity contribution >= 4 is 5.91 Å². The molecule has 14 heteroatoms. The molecule has 1 amide bonds. The molecule has 0 bridgehead atoms. The largest absolute Gasteiger partial charge is 0.394 e. The first-order chi connectivity index (χ1) is 42.1. The summed E-state index contributed by atoms with van der Waals surface area (Å²) >= 11 is 0. The quantitative estimate of drug-likeness (QED) is 0.0259. The molecule has 2 rings (SSSR count). The monoisotopic (exact) mass is 1230 g/mol. The molecule has 2 heterocycles. The minimum absolute atomic E-state index is 0.197. The zero-order valence-electron chi connectivity index (χ0n) is 55.9. The van der Waals surface area contributed by atoms with Crippen molar-refractivity contribution < 1.29 is 64.6 Å². The molecule has 0 aromatic rings. The van der Waals surface area contributed by atoms with E-state index in [2.05, 4.69) is 19.2 Å². The highest BCUT2D eigenvalue weighted by atomic mass is 16.7. The van der Waals surface area contributed by atoms with Crippen LogP contribution in [0.5, 0.6) is 0 Å². The van der Waals surface area contributed by atoms with Crippen LogP contribution in [-0.2, 0) is 23.7 Å². The van der Waals surface area contributed by atoms with Gasteiger partial charge in [0.1, 0.15) is 48.8 Å². The summed E-state index contributed by atoms with van der Waals surface area (Å²) in [6.07, 6.45) is 52.8. The van der Waals surface area contributed by atoms with Gasteiger partial charge < -0.3 is 65.1 Å². The maximum atomic E-state index is 13.3. The zero-order valence-corrected chi connectivity index (χ0v) is 55.9. The first-order valence-electron chi connectivity index (χ1n) is 37.3. The van der Waals surface area contributed by atoms with Crippen LogP contribution in [0, 0.1) is 0 Å². The Morgan fingerprint density at radius 3 is 0.988 bits per heavy atom. The molecule has 0 aliphatic carbocycles. The van der Waals surface area contributed by atoms with Gasteiger partial charge in [0, 0.05) is 6.42 Å². The summed E-state index contributed by atoms with van der Waals surface area (Å²) in [6, 6.07) is -0.824. The van der Waals surface area contributed by atoms with Gasteiger partial charge in [0.05, 0.1) is 32.0 Å². The second-order valence-corrected chi connectivity index (χ2v) is 26.8. The molecule has 9 N–H and O–H groups in total. The predicted molar refractivity (Wildman–Crippen MR) is 351 cm³/mol. The maximum absolute atomic E-state index is 13.3. The number of unbranched alkanes of at least 4 members (excludes halogenated alkanes) is 50. The standard InChI is InChI=1S/C72H141NO13/c1-3-5-7-9-11-13-15-17-19-21-23-24-25-26-27-28-29-30-31-32-33-34-35-36-38-39-41-43-45-47-49-51-53-55-61(76)60(73-64(77)56-54-52-50-48-46-44-42-40-37-22-20-18-16-14-12-10-8-6-4-2)59-83-71-69(82)67(80)70(63(58-75)85-71)86-72-68(81)66(79)65(78)62(57-74)84-72/h60-63,65-72,74-76,78-82H,3-59H2,1-2H3,(H,73,77). The highest BCUT2D eigenvalue weighted by Gasteiger charge is 2.51. The van der Waals surface area contributed by atoms with E-state index in [9.17, 15) is 45.6 Å². The molecule has 0 spiro atoms. The fraction of sp³-hybridized carbons (Fsp3) is 0.986. The summed E-state index contributed by atoms with van der Waals surface area (Å²) in [7, 11) is 0. The first-order valence-corrected chi connectivity index (χ1v) is 37.3. The third-order valence-electron chi connectivity index (χ3n) is 18.8. The normalized spacial score (nSPS) is 23.3. The van der Waals surface area contributed by atoms with Gasteiger partial charge in [-0.15, -0.1) is 0 Å². The topological polar surface area (TPSA) is 228 Å². The van der Waals surface area contributed by atoms with Gasteiger partial charge >= 0.3 is 0 Å². The van der Waals surface area contributed by atoms with Crippen molar-refractivity contribution in [2.75, 3.05) is 19.8 Å². The Morgan fingerprint density at radius 1 is 0.372 bits per heavy atom. The van der Waals surface area contributed by atoms with Crippen molar-refractivity contribution in [3.63, 3.8) is 0 Å². The van der Waals surface area contributed by atoms with Crippen LogP contribution in [0.25, 0.3) is 0 Å². The van der Waals surface area contributed by atoms with Crippen molar-refractivity contribution in [2.24, 2.45) is 0 Å². The van der Waals surface area contributed by atoms with Gasteiger partial charge in [-0.1, -0.05) is 341 Å². The number of rotatable bonds is 63. The molecule has 0 saturated carbocycles. The number of amides is 1. The molecular weight excluding hydrogens is 1090 g/mol. The third kappa shape index (κ3) is 41.5. The highest BCUT2D eigenvalue weighted by Crippen LogP contribution is 2.30. The van der Waals surface area contributed by atoms with Crippen LogP contribution in [-0.4, -0.2) is 140 Å². The van der Waals surface area contributed by atoms with E-state index in [0.29, 0.717) is 12.8 Å². The van der Waals surface area contributed by atoms with Crippen molar-refractivity contribution in [3.05, 3.63) is 0 Å². The molecule has 2 aliphatic rings. The summed E-state index contributed by atoms with van der Waals surface area (Å²) in [4.78, 5) is 13.3. The number of nitrogens with one attached hydrogen (secondary N) is 1. The summed E-state index contributed by atoms with van der Waals surface area (Å²) < 4.78 is 22.9. The van der Waals surface area contributed by atoms with Crippen LogP contribution in [0.2, 0.25) is 0 Å². The molecule has 86 heavy (non-hydrogen) atoms. The molecule has 12 unspecified atom stereocenters. The van der Waals surface area contributed by atoms with Crippen molar-refractivity contribution in [1.82, 2.24) is 5.32 Å². The summed E-state index contributed by atoms with van der Waals surface area (Å²) in [5.74, 6) is -0.197. The molecule has 2 saturated heterocycles. The average molecular weight is 1230 g/mol. The third-order valence-corrected chi connectivity index (χ3v) is 18.8. The fourth-order valence-electron chi connectivity index (χ4n) is 12.9. The van der Waals surface area contributed by atoms with Crippen molar-refractivity contribution in [3.8, 4) is 0 Å². The molecule has 2 fully saturated rings. The number of carbonyl (C=O) groups is 1. The lowest BCUT2D eigenvalue weighted by Gasteiger charge is -2.46. The Morgan fingerprint density at radius 2 is 0.663 bits per heavy atom. The van der Waals surface area contributed by atoms with E-state index in [-0.39, 0.29) is 12.5 Å². The number of aliphatic hydroxyl groups excluding tert-OH is 8. The number of hydrogen-bond donors (Lipinski definition) is 9. The van der Waals surface area contributed by atoms with E-state index in [1.807, 2.05) is 0 Å². The molecular formula is C72H141NO13. The van der Waals surface area contributed by atoms with Gasteiger partial charge in [-0.2, -0.15) is 0 Å². The maximum Gasteiger partial charge on any atom is 0.220 e. The van der Waals surface area contributed by atoms with E-state index in [0.717, 1.165) is 51.4 Å². The molecule has 12 atom stereocenters. The van der Waals surface area contributed by atoms with Gasteiger partial charge in [0.25, 0.3) is 0 Å². The smallest absolute Gasteiger partial charge is 0.220 e. The molecule has 2 aliphatic heterocycles. The number of hydrogen-bond acceptors (Lipinski definition) is 13. The van der Waals surface area contributed by atoms with Crippen LogP contribution < -0.4 is 5.32 Å². The summed E-state index contributed by atoms with van der Waals surface area (Å²) in [5.41, 5.74) is 0. The van der Waals surface area contributed by atoms with E-state index < -0.39 is 86.8 Å². The van der Waals surface area contributed by atoms with Gasteiger partial charge in [-0.3, -0.25) is 4.79 Å². The molecule has 0 aromatic carbocycles. The van der Waals surface area contributed by atoms with E-state index in [4.69, 9.17) is 18.9 Å². The Kier molecular flexibility index (Phi) is 54.5. The minimum atomic E-state index is -1.78. The minimum Gasteiger partial charge on any atom is -0.394 e. The van der Waals surface area contributed by atoms with Gasteiger partial charge in [0.2, 0.25) is 5.91 Å². The van der Waals surface area contributed by atoms with E-state index in [1.165, 1.54) is 283 Å². The Balaban J connectivity index is 1.61. The lowest BCUT2D eigenvalue weighted by Crippen LogP contribution is -2.65. The fourth-order valence-corrected chi connectivity index (χ4v) is 12.9. The second-order valence-electron chi connectivity index (χ2n) is 26.8. The molecule has 14 nitrogen and oxygen atoms in total. The van der Waals surface area contributed by atoms with E-state index in [1.54, 1.807) is 0 Å². The predicted octanol–water partition coefficient (Wildman–Crippen LogP) is 15.6. The van der Waals surface area contributed by atoms with Crippen molar-refractivity contribution in [1.29, 1.82) is 0 Å². The zero-order chi connectivity index (χ0) is 62.3. The SMILES string of the molecule is CCCCCCCCCCCCCCCCCCCCCCCCCCCCCCCCCCCC(O)C(COC1OC(CO)C(OC2OC(CO)C(O)C(O)C2O)C(O)C1O)NC(=O)CCCCCCCCCCCCCCCCCCCCC. The molecule has 512 valence electrons. The number of carbonyl (C=O) groups excluding carboxylic acids is 1. The Bertz CT molecular complexity index is 1450. The second kappa shape index (κ2) is 57.9. The molecule has 0 aromatic heterocycles. The summed E-state index contributed by atoms with van der Waals surface area (Å²) in [6.45, 7) is 2.93. The summed E-state index contributed by atoms with van der Waals surface area (Å²) in [5, 5.41) is 87.7. The van der Waals surface area contributed by atoms with Crippen LogP contribution in [0.4, 0.5) is 0 Å². The number of aliphatic hydroxyl groups is 8. The van der Waals surface area contributed by atoms with Gasteiger partial charge in [-0.05, 0) is 12.8 Å². The van der Waals surface area contributed by atoms with Crippen LogP contribution in [0.3, 0.4) is 0 Å². The first kappa shape index (κ1) is 81.1. The lowest BCUT2D eigenvalue weighted by atomic mass is 9.97. The van der Waals surface area contributed by atoms with Crippen LogP contribution >= 0.6 is 0 Å². The Labute approximate surface area is 527 Å². The highest BCUT2D eigenvalue weighted by molar-refractivity contribution is 5.76. The average Bonchev–Trinajstić information content (AvgIpc) is 2.38. The molecule has 0 radical (unpaired) electrons. The van der Waals surface area contributed by atoms with Crippen LogP contribution in [0.15, 0.2) is 0 Å². The lowest BCUT2D eigenvalue weighted by molar-refractivity contribution is -0.359. The van der Waals surface area contributed by atoms with Crippen molar-refractivity contribution in [2.45, 2.75) is 434 Å². The van der Waals surface area contributed by atoms with Crippen LogP contribution in [0.1, 0.15) is 361 Å². The van der Waals surface area contributed by atoms with Gasteiger partial charge in [0.15, 0.2) is 12.6 Å². The number of ether oxygens (including phenoxy) is 4. The Hall–Kier alpha value is -1.01.